The van der Waals surface area contributed by atoms with Crippen LogP contribution in [0.3, 0.4) is 0 Å². The maximum Gasteiger partial charge on any atom is 0.342 e. The highest BCUT2D eigenvalue weighted by molar-refractivity contribution is 6.34. The van der Waals surface area contributed by atoms with Crippen molar-refractivity contribution in [1.82, 2.24) is 0 Å². The molecule has 0 radical (unpaired) electrons. The van der Waals surface area contributed by atoms with Gasteiger partial charge in [-0.3, -0.25) is 9.59 Å². The lowest BCUT2D eigenvalue weighted by atomic mass is 9.89. The Hall–Kier alpha value is -2.43. The number of hydrogen-bond donors (Lipinski definition) is 0. The van der Waals surface area contributed by atoms with Crippen LogP contribution in [0.15, 0.2) is 29.8 Å². The highest BCUT2D eigenvalue weighted by Gasteiger charge is 2.32. The Kier molecular flexibility index (Phi) is 2.97. The van der Waals surface area contributed by atoms with E-state index in [4.69, 9.17) is 4.74 Å². The molecule has 0 N–H and O–H groups in total. The summed E-state index contributed by atoms with van der Waals surface area (Å²) in [6.07, 6.45) is 0.996. The number of rotatable bonds is 2. The second-order valence-electron chi connectivity index (χ2n) is 3.63. The molecule has 1 aromatic rings. The normalized spacial score (nSPS) is 13.8. The Morgan fingerprint density at radius 3 is 2.50 bits per heavy atom. The molecule has 1 aliphatic rings. The van der Waals surface area contributed by atoms with Crippen molar-refractivity contribution < 1.29 is 23.9 Å². The number of Topliss-reactive ketones (excluding diaryl/α,β-unsaturated/α-hetero) is 1. The van der Waals surface area contributed by atoms with Crippen LogP contribution in [-0.4, -0.2) is 31.8 Å². The summed E-state index contributed by atoms with van der Waals surface area (Å²) in [5.41, 5.74) is 0.0550. The first-order valence-electron chi connectivity index (χ1n) is 5.16. The number of fused-ring (bicyclic) bond motifs is 1. The molecule has 0 bridgehead atoms. The van der Waals surface area contributed by atoms with Crippen molar-refractivity contribution >= 4 is 17.5 Å². The predicted molar refractivity (Wildman–Crippen MR) is 61.8 cm³/mol. The van der Waals surface area contributed by atoms with Crippen LogP contribution < -0.4 is 4.74 Å². The fraction of sp³-hybridized carbons (Fsp3) is 0.154. The molecule has 0 aliphatic heterocycles. The Labute approximate surface area is 103 Å². The van der Waals surface area contributed by atoms with Gasteiger partial charge in [0.1, 0.15) is 11.3 Å². The molecular weight excluding hydrogens is 236 g/mol. The van der Waals surface area contributed by atoms with E-state index in [-0.39, 0.29) is 22.4 Å². The van der Waals surface area contributed by atoms with Crippen molar-refractivity contribution in [2.45, 2.75) is 0 Å². The van der Waals surface area contributed by atoms with Gasteiger partial charge < -0.3 is 9.47 Å². The van der Waals surface area contributed by atoms with E-state index in [1.807, 2.05) is 0 Å². The molecule has 0 unspecified atom stereocenters. The maximum absolute atomic E-state index is 12.1. The van der Waals surface area contributed by atoms with E-state index >= 15 is 0 Å². The molecule has 0 aromatic heterocycles. The molecule has 5 nitrogen and oxygen atoms in total. The fourth-order valence-electron chi connectivity index (χ4n) is 1.81. The van der Waals surface area contributed by atoms with E-state index in [1.165, 1.54) is 13.2 Å². The minimum atomic E-state index is -0.829. The fourth-order valence-corrected chi connectivity index (χ4v) is 1.81. The Morgan fingerprint density at radius 1 is 1.17 bits per heavy atom. The van der Waals surface area contributed by atoms with Crippen LogP contribution in [0.5, 0.6) is 5.75 Å². The van der Waals surface area contributed by atoms with Gasteiger partial charge in [0, 0.05) is 11.6 Å². The van der Waals surface area contributed by atoms with Crippen LogP contribution in [-0.2, 0) is 9.53 Å². The smallest absolute Gasteiger partial charge is 0.342 e. The average molecular weight is 246 g/mol. The molecule has 18 heavy (non-hydrogen) atoms. The topological polar surface area (TPSA) is 69.7 Å². The number of ether oxygens (including phenoxy) is 2. The molecular formula is C13H10O5. The second kappa shape index (κ2) is 4.44. The minimum Gasteiger partial charge on any atom is -0.496 e. The van der Waals surface area contributed by atoms with Crippen molar-refractivity contribution in [2.75, 3.05) is 14.2 Å². The summed E-state index contributed by atoms with van der Waals surface area (Å²) in [5, 5.41) is 0. The van der Waals surface area contributed by atoms with Crippen LogP contribution in [0.2, 0.25) is 0 Å². The van der Waals surface area contributed by atoms with Crippen molar-refractivity contribution in [1.29, 1.82) is 0 Å². The minimum absolute atomic E-state index is 0.105. The first-order chi connectivity index (χ1) is 8.60. The monoisotopic (exact) mass is 246 g/mol. The Bertz CT molecular complexity index is 583. The number of carbonyl (C=O) groups is 3. The van der Waals surface area contributed by atoms with Crippen molar-refractivity contribution in [2.24, 2.45) is 0 Å². The van der Waals surface area contributed by atoms with E-state index in [2.05, 4.69) is 4.74 Å². The van der Waals surface area contributed by atoms with Gasteiger partial charge in [-0.2, -0.15) is 0 Å². The number of allylic oxidation sites excluding steroid dienone is 1. The maximum atomic E-state index is 12.1. The summed E-state index contributed by atoms with van der Waals surface area (Å²) >= 11 is 0. The van der Waals surface area contributed by atoms with E-state index in [9.17, 15) is 14.4 Å². The van der Waals surface area contributed by atoms with Crippen LogP contribution in [0.25, 0.3) is 0 Å². The van der Waals surface area contributed by atoms with Crippen LogP contribution >= 0.6 is 0 Å². The molecule has 5 heteroatoms. The van der Waals surface area contributed by atoms with Gasteiger partial charge in [0.15, 0.2) is 5.78 Å². The highest BCUT2D eigenvalue weighted by Crippen LogP contribution is 2.29. The molecule has 0 fully saturated rings. The van der Waals surface area contributed by atoms with Crippen LogP contribution in [0.1, 0.15) is 20.7 Å². The van der Waals surface area contributed by atoms with Crippen molar-refractivity contribution in [3.05, 3.63) is 41.0 Å². The summed E-state index contributed by atoms with van der Waals surface area (Å²) in [6.45, 7) is 0. The Morgan fingerprint density at radius 2 is 1.89 bits per heavy atom. The number of carbonyl (C=O) groups excluding carboxylic acids is 3. The third-order valence-electron chi connectivity index (χ3n) is 2.66. The number of ketones is 2. The summed E-state index contributed by atoms with van der Waals surface area (Å²) in [5.74, 6) is -1.54. The van der Waals surface area contributed by atoms with Gasteiger partial charge in [0.25, 0.3) is 0 Å². The van der Waals surface area contributed by atoms with E-state index in [0.29, 0.717) is 0 Å². The van der Waals surface area contributed by atoms with Crippen LogP contribution in [0.4, 0.5) is 0 Å². The molecule has 2 rings (SSSR count). The first kappa shape index (κ1) is 12.0. The molecule has 92 valence electrons. The summed E-state index contributed by atoms with van der Waals surface area (Å²) in [7, 11) is 2.54. The summed E-state index contributed by atoms with van der Waals surface area (Å²) < 4.78 is 9.52. The third kappa shape index (κ3) is 1.69. The van der Waals surface area contributed by atoms with Gasteiger partial charge in [0.05, 0.1) is 19.8 Å². The molecule has 1 aromatic carbocycles. The first-order valence-corrected chi connectivity index (χ1v) is 5.16. The predicted octanol–water partition coefficient (Wildman–Crippen LogP) is 1.17. The SMILES string of the molecule is COC(=O)C1=CC(=O)c2cccc(OC)c2C1=O. The highest BCUT2D eigenvalue weighted by atomic mass is 16.5. The van der Waals surface area contributed by atoms with Crippen LogP contribution in [0, 0.1) is 0 Å². The van der Waals surface area contributed by atoms with E-state index in [1.54, 1.807) is 12.1 Å². The molecule has 1 aliphatic carbocycles. The van der Waals surface area contributed by atoms with Gasteiger partial charge in [-0.05, 0) is 6.07 Å². The number of hydrogen-bond acceptors (Lipinski definition) is 5. The lowest BCUT2D eigenvalue weighted by Crippen LogP contribution is -2.23. The molecule has 0 amide bonds. The van der Waals surface area contributed by atoms with Gasteiger partial charge in [-0.15, -0.1) is 0 Å². The van der Waals surface area contributed by atoms with Gasteiger partial charge >= 0.3 is 5.97 Å². The quantitative estimate of drug-likeness (QED) is 0.578. The molecule has 0 heterocycles. The average Bonchev–Trinajstić information content (AvgIpc) is 2.41. The zero-order valence-electron chi connectivity index (χ0n) is 9.85. The number of esters is 1. The zero-order chi connectivity index (χ0) is 13.3. The zero-order valence-corrected chi connectivity index (χ0v) is 9.85. The van der Waals surface area contributed by atoms with Gasteiger partial charge in [-0.1, -0.05) is 12.1 Å². The van der Waals surface area contributed by atoms with Gasteiger partial charge in [0.2, 0.25) is 5.78 Å². The summed E-state index contributed by atoms with van der Waals surface area (Å²) in [4.78, 5) is 35.4. The summed E-state index contributed by atoms with van der Waals surface area (Å²) in [6, 6.07) is 4.69. The third-order valence-corrected chi connectivity index (χ3v) is 2.66. The van der Waals surface area contributed by atoms with E-state index < -0.39 is 17.5 Å². The largest absolute Gasteiger partial charge is 0.496 e. The van der Waals surface area contributed by atoms with Crippen molar-refractivity contribution in [3.8, 4) is 5.75 Å². The molecule has 0 atom stereocenters. The number of methoxy groups -OCH3 is 2. The molecule has 0 saturated heterocycles. The number of benzene rings is 1. The van der Waals surface area contributed by atoms with E-state index in [0.717, 1.165) is 13.2 Å². The van der Waals surface area contributed by atoms with Gasteiger partial charge in [-0.25, -0.2) is 4.79 Å². The standard InChI is InChI=1S/C13H10O5/c1-17-10-5-3-4-7-9(14)6-8(13(16)18-2)12(15)11(7)10/h3-6H,1-2H3. The van der Waals surface area contributed by atoms with Crippen molar-refractivity contribution in [3.63, 3.8) is 0 Å². The lowest BCUT2D eigenvalue weighted by molar-refractivity contribution is -0.135. The molecule has 0 spiro atoms. The lowest BCUT2D eigenvalue weighted by Gasteiger charge is -2.16. The Balaban J connectivity index is 2.63. The molecule has 0 saturated carbocycles. The second-order valence-corrected chi connectivity index (χ2v) is 3.63.